The molecule has 1 spiro atoms. The van der Waals surface area contributed by atoms with Gasteiger partial charge >= 0.3 is 5.97 Å². The van der Waals surface area contributed by atoms with Gasteiger partial charge in [0.2, 0.25) is 0 Å². The Labute approximate surface area is 149 Å². The summed E-state index contributed by atoms with van der Waals surface area (Å²) in [5.74, 6) is 1.33. The zero-order valence-corrected chi connectivity index (χ0v) is 15.4. The molecular formula is C20H27NO4. The van der Waals surface area contributed by atoms with Gasteiger partial charge in [-0.05, 0) is 55.9 Å². The van der Waals surface area contributed by atoms with E-state index in [0.717, 1.165) is 43.7 Å². The first kappa shape index (κ1) is 17.8. The summed E-state index contributed by atoms with van der Waals surface area (Å²) in [7, 11) is 3.32. The number of carbonyl (C=O) groups excluding carboxylic acids is 1. The molecule has 1 aromatic rings. The van der Waals surface area contributed by atoms with E-state index in [1.54, 1.807) is 14.2 Å². The van der Waals surface area contributed by atoms with Crippen LogP contribution in [0.2, 0.25) is 0 Å². The second kappa shape index (κ2) is 7.08. The maximum absolute atomic E-state index is 12.1. The lowest BCUT2D eigenvalue weighted by molar-refractivity contribution is -0.146. The van der Waals surface area contributed by atoms with Crippen molar-refractivity contribution < 1.29 is 19.0 Å². The van der Waals surface area contributed by atoms with Crippen LogP contribution in [0, 0.1) is 0 Å². The molecule has 1 unspecified atom stereocenters. The Morgan fingerprint density at radius 2 is 1.96 bits per heavy atom. The minimum atomic E-state index is -0.197. The number of rotatable bonds is 5. The summed E-state index contributed by atoms with van der Waals surface area (Å²) in [6, 6.07) is 4.17. The van der Waals surface area contributed by atoms with E-state index in [9.17, 15) is 4.79 Å². The van der Waals surface area contributed by atoms with Gasteiger partial charge in [-0.15, -0.1) is 0 Å². The Morgan fingerprint density at radius 3 is 2.56 bits per heavy atom. The van der Waals surface area contributed by atoms with Gasteiger partial charge < -0.3 is 14.2 Å². The number of hydrogen-bond donors (Lipinski definition) is 0. The Balaban J connectivity index is 2.04. The molecule has 0 N–H and O–H groups in total. The van der Waals surface area contributed by atoms with Crippen LogP contribution in [0.25, 0.3) is 0 Å². The van der Waals surface area contributed by atoms with Crippen LogP contribution in [0.15, 0.2) is 24.3 Å². The molecule has 0 aromatic heterocycles. The summed E-state index contributed by atoms with van der Waals surface area (Å²) in [4.78, 5) is 14.4. The number of hydrogen-bond acceptors (Lipinski definition) is 5. The van der Waals surface area contributed by atoms with Crippen LogP contribution >= 0.6 is 0 Å². The van der Waals surface area contributed by atoms with Crippen LogP contribution in [0.1, 0.15) is 37.3 Å². The van der Waals surface area contributed by atoms with Gasteiger partial charge in [-0.3, -0.25) is 9.69 Å². The van der Waals surface area contributed by atoms with E-state index in [1.165, 1.54) is 16.7 Å². The van der Waals surface area contributed by atoms with Crippen molar-refractivity contribution in [1.82, 2.24) is 4.90 Å². The molecule has 1 fully saturated rings. The molecule has 0 saturated heterocycles. The molecule has 0 bridgehead atoms. The van der Waals surface area contributed by atoms with Gasteiger partial charge in [-0.25, -0.2) is 0 Å². The molecule has 25 heavy (non-hydrogen) atoms. The fourth-order valence-electron chi connectivity index (χ4n) is 4.27. The zero-order valence-electron chi connectivity index (χ0n) is 15.4. The summed E-state index contributed by atoms with van der Waals surface area (Å²) in [6.45, 7) is 7.60. The third kappa shape index (κ3) is 3.13. The van der Waals surface area contributed by atoms with Crippen LogP contribution in [0.5, 0.6) is 11.5 Å². The molecule has 1 saturated carbocycles. The highest BCUT2D eigenvalue weighted by atomic mass is 16.5. The van der Waals surface area contributed by atoms with Gasteiger partial charge in [0.15, 0.2) is 11.5 Å². The number of carbonyl (C=O) groups is 1. The van der Waals surface area contributed by atoms with E-state index in [4.69, 9.17) is 14.2 Å². The number of nitrogens with zero attached hydrogens (tertiary/aromatic N) is 1. The Kier molecular flexibility index (Phi) is 5.04. The van der Waals surface area contributed by atoms with Crippen molar-refractivity contribution in [3.05, 3.63) is 35.4 Å². The largest absolute Gasteiger partial charge is 0.493 e. The van der Waals surface area contributed by atoms with Gasteiger partial charge in [-0.1, -0.05) is 12.2 Å². The highest BCUT2D eigenvalue weighted by Gasteiger charge is 2.47. The molecule has 1 atom stereocenters. The van der Waals surface area contributed by atoms with E-state index in [0.29, 0.717) is 13.2 Å². The van der Waals surface area contributed by atoms with Crippen LogP contribution in [-0.2, 0) is 21.5 Å². The number of esters is 1. The van der Waals surface area contributed by atoms with Crippen LogP contribution < -0.4 is 9.47 Å². The summed E-state index contributed by atoms with van der Waals surface area (Å²) in [5.41, 5.74) is 3.54. The lowest BCUT2D eigenvalue weighted by Gasteiger charge is -2.46. The average Bonchev–Trinajstić information content (AvgIpc) is 2.99. The summed E-state index contributed by atoms with van der Waals surface area (Å²) >= 11 is 0. The molecule has 5 heteroatoms. The average molecular weight is 345 g/mol. The van der Waals surface area contributed by atoms with E-state index in [-0.39, 0.29) is 11.5 Å². The normalized spacial score (nSPS) is 22.8. The van der Waals surface area contributed by atoms with E-state index >= 15 is 0 Å². The van der Waals surface area contributed by atoms with Gasteiger partial charge in [0.1, 0.15) is 0 Å². The highest BCUT2D eigenvalue weighted by Crippen LogP contribution is 2.51. The third-order valence-corrected chi connectivity index (χ3v) is 5.43. The second-order valence-electron chi connectivity index (χ2n) is 6.80. The topological polar surface area (TPSA) is 48.0 Å². The smallest absolute Gasteiger partial charge is 0.320 e. The Bertz CT molecular complexity index is 685. The molecule has 0 amide bonds. The molecular weight excluding hydrogens is 318 g/mol. The number of ether oxygens (including phenoxy) is 3. The third-order valence-electron chi connectivity index (χ3n) is 5.43. The molecule has 1 aliphatic heterocycles. The Morgan fingerprint density at radius 1 is 1.24 bits per heavy atom. The van der Waals surface area contributed by atoms with Gasteiger partial charge in [0, 0.05) is 6.54 Å². The molecule has 1 heterocycles. The summed E-state index contributed by atoms with van der Waals surface area (Å²) < 4.78 is 16.2. The maximum Gasteiger partial charge on any atom is 0.320 e. The van der Waals surface area contributed by atoms with E-state index in [2.05, 4.69) is 23.6 Å². The predicted molar refractivity (Wildman–Crippen MR) is 96.1 cm³/mol. The lowest BCUT2D eigenvalue weighted by atomic mass is 9.78. The SMILES string of the molecule is C=C1CCC2(C1)c1cc(OC)c(OC)cc1CCN2CC(=O)OCC. The monoisotopic (exact) mass is 345 g/mol. The van der Waals surface area contributed by atoms with E-state index < -0.39 is 0 Å². The minimum Gasteiger partial charge on any atom is -0.493 e. The van der Waals surface area contributed by atoms with Crippen LogP contribution in [0.3, 0.4) is 0 Å². The molecule has 1 aliphatic carbocycles. The second-order valence-corrected chi connectivity index (χ2v) is 6.80. The number of benzene rings is 1. The molecule has 136 valence electrons. The molecule has 3 rings (SSSR count). The summed E-state index contributed by atoms with van der Waals surface area (Å²) in [5, 5.41) is 0. The zero-order chi connectivity index (χ0) is 18.0. The summed E-state index contributed by atoms with van der Waals surface area (Å²) in [6.07, 6.45) is 3.69. The standard InChI is InChI=1S/C20H27NO4/c1-5-25-19(22)13-21-9-7-15-10-17(23-3)18(24-4)11-16(15)20(21)8-6-14(2)12-20/h10-11H,2,5-9,12-13H2,1,3-4H3. The van der Waals surface area contributed by atoms with Gasteiger partial charge in [0.05, 0.1) is 32.9 Å². The van der Waals surface area contributed by atoms with Crippen molar-refractivity contribution >= 4 is 5.97 Å². The highest BCUT2D eigenvalue weighted by molar-refractivity contribution is 5.72. The number of methoxy groups -OCH3 is 2. The van der Waals surface area contributed by atoms with Crippen molar-refractivity contribution in [3.63, 3.8) is 0 Å². The molecule has 0 radical (unpaired) electrons. The predicted octanol–water partition coefficient (Wildman–Crippen LogP) is 3.06. The first-order valence-electron chi connectivity index (χ1n) is 8.86. The van der Waals surface area contributed by atoms with Crippen molar-refractivity contribution in [2.45, 2.75) is 38.1 Å². The minimum absolute atomic E-state index is 0.164. The maximum atomic E-state index is 12.1. The van der Waals surface area contributed by atoms with Crippen molar-refractivity contribution in [1.29, 1.82) is 0 Å². The van der Waals surface area contributed by atoms with Crippen LogP contribution in [-0.4, -0.2) is 44.8 Å². The van der Waals surface area contributed by atoms with Crippen molar-refractivity contribution in [2.75, 3.05) is 33.9 Å². The van der Waals surface area contributed by atoms with Gasteiger partial charge in [0.25, 0.3) is 0 Å². The van der Waals surface area contributed by atoms with Crippen molar-refractivity contribution in [3.8, 4) is 11.5 Å². The van der Waals surface area contributed by atoms with Gasteiger partial charge in [-0.2, -0.15) is 0 Å². The Hall–Kier alpha value is -2.01. The molecule has 5 nitrogen and oxygen atoms in total. The fraction of sp³-hybridized carbons (Fsp3) is 0.550. The first-order chi connectivity index (χ1) is 12.0. The quantitative estimate of drug-likeness (QED) is 0.606. The fourth-order valence-corrected chi connectivity index (χ4v) is 4.27. The molecule has 2 aliphatic rings. The van der Waals surface area contributed by atoms with Crippen LogP contribution in [0.4, 0.5) is 0 Å². The molecule has 1 aromatic carbocycles. The van der Waals surface area contributed by atoms with E-state index in [1.807, 2.05) is 6.92 Å². The first-order valence-corrected chi connectivity index (χ1v) is 8.86. The number of fused-ring (bicyclic) bond motifs is 2. The van der Waals surface area contributed by atoms with Crippen molar-refractivity contribution in [2.24, 2.45) is 0 Å². The lowest BCUT2D eigenvalue weighted by Crippen LogP contribution is -2.51.